The molecule has 0 bridgehead atoms. The van der Waals surface area contributed by atoms with E-state index in [1.807, 2.05) is 0 Å². The number of nitrogens with zero attached hydrogens (tertiary/aromatic N) is 2. The Morgan fingerprint density at radius 2 is 2.06 bits per heavy atom. The molecule has 1 aliphatic rings. The van der Waals surface area contributed by atoms with E-state index < -0.39 is 0 Å². The molecule has 1 heterocycles. The lowest BCUT2D eigenvalue weighted by atomic mass is 10.1. The van der Waals surface area contributed by atoms with Crippen molar-refractivity contribution in [3.05, 3.63) is 35.9 Å². The molecule has 17 heavy (non-hydrogen) atoms. The van der Waals surface area contributed by atoms with Crippen LogP contribution in [0.1, 0.15) is 18.9 Å². The van der Waals surface area contributed by atoms with Crippen LogP contribution in [0.4, 0.5) is 0 Å². The van der Waals surface area contributed by atoms with Crippen molar-refractivity contribution in [3.63, 3.8) is 0 Å². The largest absolute Gasteiger partial charge is 0.303 e. The zero-order valence-corrected chi connectivity index (χ0v) is 11.1. The van der Waals surface area contributed by atoms with Gasteiger partial charge in [0.15, 0.2) is 0 Å². The summed E-state index contributed by atoms with van der Waals surface area (Å²) >= 11 is 0. The molecule has 1 fully saturated rings. The van der Waals surface area contributed by atoms with Gasteiger partial charge in [0.2, 0.25) is 0 Å². The summed E-state index contributed by atoms with van der Waals surface area (Å²) in [4.78, 5) is 5.01. The summed E-state index contributed by atoms with van der Waals surface area (Å²) in [6.45, 7) is 8.35. The van der Waals surface area contributed by atoms with Crippen molar-refractivity contribution in [1.29, 1.82) is 0 Å². The molecule has 2 heteroatoms. The van der Waals surface area contributed by atoms with Crippen LogP contribution in [0, 0.1) is 5.92 Å². The maximum Gasteiger partial charge on any atom is 0.0230 e. The molecule has 1 aromatic rings. The molecule has 2 nitrogen and oxygen atoms in total. The first-order chi connectivity index (χ1) is 8.28. The highest BCUT2D eigenvalue weighted by Crippen LogP contribution is 2.17. The van der Waals surface area contributed by atoms with Gasteiger partial charge in [0.1, 0.15) is 0 Å². The van der Waals surface area contributed by atoms with E-state index in [0.29, 0.717) is 0 Å². The third kappa shape index (κ3) is 3.83. The van der Waals surface area contributed by atoms with Crippen molar-refractivity contribution in [2.45, 2.75) is 19.9 Å². The van der Waals surface area contributed by atoms with E-state index in [1.165, 1.54) is 38.2 Å². The molecule has 1 atom stereocenters. The lowest BCUT2D eigenvalue weighted by molar-refractivity contribution is 0.260. The highest BCUT2D eigenvalue weighted by atomic mass is 15.2. The van der Waals surface area contributed by atoms with E-state index in [9.17, 15) is 0 Å². The van der Waals surface area contributed by atoms with E-state index in [4.69, 9.17) is 0 Å². The van der Waals surface area contributed by atoms with Crippen LogP contribution in [-0.4, -0.2) is 43.0 Å². The summed E-state index contributed by atoms with van der Waals surface area (Å²) in [6.07, 6.45) is 1.37. The Balaban J connectivity index is 1.76. The maximum atomic E-state index is 2.56. The fourth-order valence-electron chi connectivity index (χ4n) is 2.75. The first kappa shape index (κ1) is 12.6. The minimum Gasteiger partial charge on any atom is -0.303 e. The third-order valence-electron chi connectivity index (χ3n) is 3.68. The van der Waals surface area contributed by atoms with E-state index in [-0.39, 0.29) is 0 Å². The SMILES string of the molecule is CCN1CCC(CN(C)Cc2ccccc2)C1. The average Bonchev–Trinajstić information content (AvgIpc) is 2.78. The van der Waals surface area contributed by atoms with Crippen molar-refractivity contribution in [3.8, 4) is 0 Å². The number of rotatable bonds is 5. The van der Waals surface area contributed by atoms with E-state index in [1.54, 1.807) is 0 Å². The van der Waals surface area contributed by atoms with Crippen LogP contribution in [0.5, 0.6) is 0 Å². The Morgan fingerprint density at radius 1 is 1.29 bits per heavy atom. The van der Waals surface area contributed by atoms with Gasteiger partial charge in [-0.15, -0.1) is 0 Å². The standard InChI is InChI=1S/C15H24N2/c1-3-17-10-9-15(13-17)12-16(2)11-14-7-5-4-6-8-14/h4-8,15H,3,9-13H2,1-2H3. The van der Waals surface area contributed by atoms with Crippen LogP contribution < -0.4 is 0 Å². The van der Waals surface area contributed by atoms with Crippen LogP contribution in [0.15, 0.2) is 30.3 Å². The van der Waals surface area contributed by atoms with Crippen LogP contribution >= 0.6 is 0 Å². The molecule has 0 aromatic heterocycles. The van der Waals surface area contributed by atoms with Crippen LogP contribution in [0.2, 0.25) is 0 Å². The van der Waals surface area contributed by atoms with Crippen molar-refractivity contribution >= 4 is 0 Å². The maximum absolute atomic E-state index is 2.56. The average molecular weight is 232 g/mol. The predicted octanol–water partition coefficient (Wildman–Crippen LogP) is 2.46. The minimum absolute atomic E-state index is 0.865. The Morgan fingerprint density at radius 3 is 2.71 bits per heavy atom. The Kier molecular flexibility index (Phi) is 4.57. The fraction of sp³-hybridized carbons (Fsp3) is 0.600. The van der Waals surface area contributed by atoms with Gasteiger partial charge in [-0.3, -0.25) is 0 Å². The number of benzene rings is 1. The van der Waals surface area contributed by atoms with Crippen LogP contribution in [-0.2, 0) is 6.54 Å². The van der Waals surface area contributed by atoms with Gasteiger partial charge in [-0.25, -0.2) is 0 Å². The Bertz CT molecular complexity index is 323. The molecule has 1 aromatic carbocycles. The second-order valence-electron chi connectivity index (χ2n) is 5.23. The van der Waals surface area contributed by atoms with Crippen LogP contribution in [0.25, 0.3) is 0 Å². The third-order valence-corrected chi connectivity index (χ3v) is 3.68. The summed E-state index contributed by atoms with van der Waals surface area (Å²) in [5, 5.41) is 0. The van der Waals surface area contributed by atoms with Crippen molar-refractivity contribution in [2.24, 2.45) is 5.92 Å². The van der Waals surface area contributed by atoms with Gasteiger partial charge in [-0.05, 0) is 38.0 Å². The first-order valence-electron chi connectivity index (χ1n) is 6.72. The molecule has 0 aliphatic carbocycles. The van der Waals surface area contributed by atoms with E-state index in [2.05, 4.69) is 54.1 Å². The predicted molar refractivity (Wildman–Crippen MR) is 73.0 cm³/mol. The molecule has 1 aliphatic heterocycles. The van der Waals surface area contributed by atoms with Gasteiger partial charge in [0, 0.05) is 19.6 Å². The molecular formula is C15H24N2. The normalized spacial score (nSPS) is 21.2. The van der Waals surface area contributed by atoms with E-state index >= 15 is 0 Å². The van der Waals surface area contributed by atoms with Gasteiger partial charge in [0.05, 0.1) is 0 Å². The quantitative estimate of drug-likeness (QED) is 0.769. The second kappa shape index (κ2) is 6.18. The van der Waals surface area contributed by atoms with Gasteiger partial charge in [-0.1, -0.05) is 37.3 Å². The van der Waals surface area contributed by atoms with E-state index in [0.717, 1.165) is 12.5 Å². The zero-order valence-electron chi connectivity index (χ0n) is 11.1. The van der Waals surface area contributed by atoms with Crippen LogP contribution in [0.3, 0.4) is 0 Å². The first-order valence-corrected chi connectivity index (χ1v) is 6.72. The molecule has 0 amide bonds. The molecule has 2 rings (SSSR count). The number of hydrogen-bond donors (Lipinski definition) is 0. The second-order valence-corrected chi connectivity index (χ2v) is 5.23. The van der Waals surface area contributed by atoms with Gasteiger partial charge < -0.3 is 9.80 Å². The lowest BCUT2D eigenvalue weighted by Crippen LogP contribution is -2.28. The van der Waals surface area contributed by atoms with Gasteiger partial charge >= 0.3 is 0 Å². The fourth-order valence-corrected chi connectivity index (χ4v) is 2.75. The monoisotopic (exact) mass is 232 g/mol. The highest BCUT2D eigenvalue weighted by Gasteiger charge is 2.21. The Labute approximate surface area is 105 Å². The molecular weight excluding hydrogens is 208 g/mol. The summed E-state index contributed by atoms with van der Waals surface area (Å²) in [5.74, 6) is 0.865. The molecule has 0 radical (unpaired) electrons. The van der Waals surface area contributed by atoms with Crippen molar-refractivity contribution in [2.75, 3.05) is 33.2 Å². The minimum atomic E-state index is 0.865. The summed E-state index contributed by atoms with van der Waals surface area (Å²) in [6, 6.07) is 10.8. The van der Waals surface area contributed by atoms with Crippen molar-refractivity contribution < 1.29 is 0 Å². The molecule has 1 saturated heterocycles. The molecule has 1 unspecified atom stereocenters. The van der Waals surface area contributed by atoms with Gasteiger partial charge in [0.25, 0.3) is 0 Å². The molecule has 0 spiro atoms. The number of hydrogen-bond acceptors (Lipinski definition) is 2. The zero-order chi connectivity index (χ0) is 12.1. The summed E-state index contributed by atoms with van der Waals surface area (Å²) < 4.78 is 0. The van der Waals surface area contributed by atoms with Crippen molar-refractivity contribution in [1.82, 2.24) is 9.80 Å². The molecule has 0 saturated carbocycles. The summed E-state index contributed by atoms with van der Waals surface area (Å²) in [5.41, 5.74) is 1.42. The molecule has 94 valence electrons. The summed E-state index contributed by atoms with van der Waals surface area (Å²) in [7, 11) is 2.24. The number of likely N-dealkylation sites (tertiary alicyclic amines) is 1. The Hall–Kier alpha value is -0.860. The lowest BCUT2D eigenvalue weighted by Gasteiger charge is -2.21. The smallest absolute Gasteiger partial charge is 0.0230 e. The topological polar surface area (TPSA) is 6.48 Å². The van der Waals surface area contributed by atoms with Gasteiger partial charge in [-0.2, -0.15) is 0 Å². The molecule has 0 N–H and O–H groups in total. The highest BCUT2D eigenvalue weighted by molar-refractivity contribution is 5.14.